The Kier molecular flexibility index (Phi) is 6.49. The van der Waals surface area contributed by atoms with Gasteiger partial charge in [0.05, 0.1) is 12.7 Å². The van der Waals surface area contributed by atoms with E-state index in [1.54, 1.807) is 24.3 Å². The molecule has 138 valence electrons. The number of Topliss-reactive ketones (excluding diaryl/α,β-unsaturated/α-hetero) is 1. The SMILES string of the molecule is CC1CCCCC1OCCN1CCC(C(=O)c2ccc(O)cc2)CC1. The summed E-state index contributed by atoms with van der Waals surface area (Å²) in [4.78, 5) is 15.0. The number of likely N-dealkylation sites (tertiary alicyclic amines) is 1. The number of hydrogen-bond donors (Lipinski definition) is 1. The Balaban J connectivity index is 1.38. The number of nitrogens with zero attached hydrogens (tertiary/aromatic N) is 1. The van der Waals surface area contributed by atoms with Gasteiger partial charge in [-0.15, -0.1) is 0 Å². The number of ketones is 1. The number of piperidine rings is 1. The van der Waals surface area contributed by atoms with Crippen LogP contribution in [0.15, 0.2) is 24.3 Å². The number of ether oxygens (including phenoxy) is 1. The van der Waals surface area contributed by atoms with E-state index in [1.165, 1.54) is 25.7 Å². The Morgan fingerprint density at radius 3 is 2.48 bits per heavy atom. The van der Waals surface area contributed by atoms with Crippen molar-refractivity contribution in [3.63, 3.8) is 0 Å². The van der Waals surface area contributed by atoms with Gasteiger partial charge in [-0.1, -0.05) is 19.8 Å². The summed E-state index contributed by atoms with van der Waals surface area (Å²) in [6.45, 7) is 6.04. The fourth-order valence-corrected chi connectivity index (χ4v) is 4.14. The number of carbonyl (C=O) groups excluding carboxylic acids is 1. The summed E-state index contributed by atoms with van der Waals surface area (Å²) in [5.74, 6) is 1.23. The normalized spacial score (nSPS) is 25.8. The number of benzene rings is 1. The summed E-state index contributed by atoms with van der Waals surface area (Å²) < 4.78 is 6.12. The van der Waals surface area contributed by atoms with Crippen molar-refractivity contribution in [1.82, 2.24) is 4.90 Å². The molecule has 0 spiro atoms. The van der Waals surface area contributed by atoms with Gasteiger partial charge < -0.3 is 14.7 Å². The van der Waals surface area contributed by atoms with Crippen molar-refractivity contribution in [3.05, 3.63) is 29.8 Å². The minimum atomic E-state index is 0.111. The zero-order chi connectivity index (χ0) is 17.6. The topological polar surface area (TPSA) is 49.8 Å². The first kappa shape index (κ1) is 18.4. The van der Waals surface area contributed by atoms with E-state index in [0.717, 1.165) is 39.1 Å². The molecule has 1 aromatic rings. The summed E-state index contributed by atoms with van der Waals surface area (Å²) in [5.41, 5.74) is 0.714. The van der Waals surface area contributed by atoms with E-state index in [0.29, 0.717) is 17.6 Å². The molecule has 1 aliphatic carbocycles. The van der Waals surface area contributed by atoms with Crippen LogP contribution < -0.4 is 0 Å². The fraction of sp³-hybridized carbons (Fsp3) is 0.667. The van der Waals surface area contributed by atoms with Crippen molar-refractivity contribution in [3.8, 4) is 5.75 Å². The molecule has 1 aromatic carbocycles. The number of carbonyl (C=O) groups is 1. The summed E-state index contributed by atoms with van der Waals surface area (Å²) in [6.07, 6.45) is 7.45. The maximum atomic E-state index is 12.5. The van der Waals surface area contributed by atoms with Crippen LogP contribution in [-0.2, 0) is 4.74 Å². The zero-order valence-electron chi connectivity index (χ0n) is 15.3. The molecule has 0 bridgehead atoms. The lowest BCUT2D eigenvalue weighted by Crippen LogP contribution is -2.39. The maximum absolute atomic E-state index is 12.5. The van der Waals surface area contributed by atoms with Crippen LogP contribution in [0, 0.1) is 11.8 Å². The van der Waals surface area contributed by atoms with Crippen LogP contribution in [0.2, 0.25) is 0 Å². The third-order valence-electron chi connectivity index (χ3n) is 5.88. The molecule has 1 N–H and O–H groups in total. The zero-order valence-corrected chi connectivity index (χ0v) is 15.3. The van der Waals surface area contributed by atoms with E-state index in [4.69, 9.17) is 4.74 Å². The quantitative estimate of drug-likeness (QED) is 0.795. The molecule has 2 fully saturated rings. The molecule has 3 rings (SSSR count). The Morgan fingerprint density at radius 1 is 1.12 bits per heavy atom. The van der Waals surface area contributed by atoms with Gasteiger partial charge in [0.2, 0.25) is 0 Å². The molecule has 25 heavy (non-hydrogen) atoms. The minimum Gasteiger partial charge on any atom is -0.508 e. The maximum Gasteiger partial charge on any atom is 0.166 e. The number of rotatable bonds is 6. The van der Waals surface area contributed by atoms with Crippen LogP contribution in [0.3, 0.4) is 0 Å². The standard InChI is InChI=1S/C21H31NO3/c1-16-4-2-3-5-20(16)25-15-14-22-12-10-18(11-13-22)21(24)17-6-8-19(23)9-7-17/h6-9,16,18,20,23H,2-5,10-15H2,1H3. The summed E-state index contributed by atoms with van der Waals surface area (Å²) >= 11 is 0. The van der Waals surface area contributed by atoms with E-state index < -0.39 is 0 Å². The Bertz CT molecular complexity index is 549. The third-order valence-corrected chi connectivity index (χ3v) is 5.88. The number of aromatic hydroxyl groups is 1. The highest BCUT2D eigenvalue weighted by Crippen LogP contribution is 2.26. The second-order valence-electron chi connectivity index (χ2n) is 7.70. The number of phenolic OH excluding ortho intramolecular Hbond substituents is 1. The van der Waals surface area contributed by atoms with Gasteiger partial charge in [-0.2, -0.15) is 0 Å². The lowest BCUT2D eigenvalue weighted by Gasteiger charge is -2.33. The largest absolute Gasteiger partial charge is 0.508 e. The first-order valence-corrected chi connectivity index (χ1v) is 9.80. The van der Waals surface area contributed by atoms with Gasteiger partial charge in [-0.25, -0.2) is 0 Å². The predicted molar refractivity (Wildman–Crippen MR) is 99.0 cm³/mol. The molecule has 0 radical (unpaired) electrons. The first-order valence-electron chi connectivity index (χ1n) is 9.80. The van der Waals surface area contributed by atoms with Crippen LogP contribution in [0.25, 0.3) is 0 Å². The molecule has 2 unspecified atom stereocenters. The minimum absolute atomic E-state index is 0.111. The van der Waals surface area contributed by atoms with Gasteiger partial charge in [0.1, 0.15) is 5.75 Å². The molecular formula is C21H31NO3. The van der Waals surface area contributed by atoms with Crippen LogP contribution >= 0.6 is 0 Å². The van der Waals surface area contributed by atoms with E-state index in [2.05, 4.69) is 11.8 Å². The Labute approximate surface area is 151 Å². The fourth-order valence-electron chi connectivity index (χ4n) is 4.14. The van der Waals surface area contributed by atoms with Crippen molar-refractivity contribution >= 4 is 5.78 Å². The number of hydrogen-bond acceptors (Lipinski definition) is 4. The van der Waals surface area contributed by atoms with Crippen molar-refractivity contribution in [2.24, 2.45) is 11.8 Å². The molecule has 1 saturated heterocycles. The predicted octanol–water partition coefficient (Wildman–Crippen LogP) is 3.88. The van der Waals surface area contributed by atoms with E-state index >= 15 is 0 Å². The van der Waals surface area contributed by atoms with Crippen molar-refractivity contribution in [2.45, 2.75) is 51.6 Å². The number of phenols is 1. The lowest BCUT2D eigenvalue weighted by molar-refractivity contribution is -0.0162. The third kappa shape index (κ3) is 5.05. The molecule has 2 atom stereocenters. The van der Waals surface area contributed by atoms with E-state index in [-0.39, 0.29) is 17.5 Å². The molecule has 1 saturated carbocycles. The van der Waals surface area contributed by atoms with Crippen LogP contribution in [0.1, 0.15) is 55.8 Å². The van der Waals surface area contributed by atoms with Crippen LogP contribution in [-0.4, -0.2) is 48.1 Å². The van der Waals surface area contributed by atoms with Gasteiger partial charge in [0, 0.05) is 18.0 Å². The second kappa shape index (κ2) is 8.81. The molecule has 4 heteroatoms. The summed E-state index contributed by atoms with van der Waals surface area (Å²) in [6, 6.07) is 6.63. The molecule has 1 heterocycles. The molecule has 4 nitrogen and oxygen atoms in total. The van der Waals surface area contributed by atoms with Gasteiger partial charge in [0.15, 0.2) is 5.78 Å². The smallest absolute Gasteiger partial charge is 0.166 e. The van der Waals surface area contributed by atoms with Crippen LogP contribution in [0.5, 0.6) is 5.75 Å². The van der Waals surface area contributed by atoms with E-state index in [1.807, 2.05) is 0 Å². The highest BCUT2D eigenvalue weighted by Gasteiger charge is 2.26. The van der Waals surface area contributed by atoms with Gasteiger partial charge in [-0.3, -0.25) is 4.79 Å². The molecule has 2 aliphatic rings. The summed E-state index contributed by atoms with van der Waals surface area (Å²) in [5, 5.41) is 9.35. The van der Waals surface area contributed by atoms with Crippen LogP contribution in [0.4, 0.5) is 0 Å². The molecule has 0 amide bonds. The monoisotopic (exact) mass is 345 g/mol. The molecule has 1 aliphatic heterocycles. The average molecular weight is 345 g/mol. The Morgan fingerprint density at radius 2 is 1.80 bits per heavy atom. The summed E-state index contributed by atoms with van der Waals surface area (Å²) in [7, 11) is 0. The van der Waals surface area contributed by atoms with Crippen molar-refractivity contribution in [2.75, 3.05) is 26.2 Å². The Hall–Kier alpha value is -1.39. The molecular weight excluding hydrogens is 314 g/mol. The first-order chi connectivity index (χ1) is 12.1. The van der Waals surface area contributed by atoms with Crippen molar-refractivity contribution < 1.29 is 14.6 Å². The van der Waals surface area contributed by atoms with Gasteiger partial charge in [0.25, 0.3) is 0 Å². The second-order valence-corrected chi connectivity index (χ2v) is 7.70. The molecule has 0 aromatic heterocycles. The van der Waals surface area contributed by atoms with Gasteiger partial charge in [-0.05, 0) is 69.0 Å². The highest BCUT2D eigenvalue weighted by atomic mass is 16.5. The van der Waals surface area contributed by atoms with E-state index in [9.17, 15) is 9.90 Å². The van der Waals surface area contributed by atoms with Gasteiger partial charge >= 0.3 is 0 Å². The highest BCUT2D eigenvalue weighted by molar-refractivity contribution is 5.98. The lowest BCUT2D eigenvalue weighted by atomic mass is 9.88. The van der Waals surface area contributed by atoms with Crippen molar-refractivity contribution in [1.29, 1.82) is 0 Å². The average Bonchev–Trinajstić information content (AvgIpc) is 2.64.